The predicted molar refractivity (Wildman–Crippen MR) is 124 cm³/mol. The van der Waals surface area contributed by atoms with Crippen LogP contribution < -0.4 is 10.6 Å². The fourth-order valence-corrected chi connectivity index (χ4v) is 4.21. The summed E-state index contributed by atoms with van der Waals surface area (Å²) < 4.78 is 214. The zero-order valence-corrected chi connectivity index (χ0v) is 17.7. The molecule has 10 atom stereocenters. The second-order valence-corrected chi connectivity index (χ2v) is 10.3. The van der Waals surface area contributed by atoms with Gasteiger partial charge in [-0.1, -0.05) is 20.6 Å². The summed E-state index contributed by atoms with van der Waals surface area (Å²) in [5.41, 5.74) is -3.74. The average Bonchev–Trinajstić information content (AvgIpc) is 2.99. The lowest BCUT2D eigenvalue weighted by molar-refractivity contribution is -0.101. The van der Waals surface area contributed by atoms with Crippen molar-refractivity contribution in [2.75, 3.05) is 72.1 Å². The molecule has 8 nitrogen and oxygen atoms in total. The molecule has 0 aromatic heterocycles. The van der Waals surface area contributed by atoms with Gasteiger partial charge in [0.25, 0.3) is 0 Å². The fourth-order valence-electron chi connectivity index (χ4n) is 3.73. The van der Waals surface area contributed by atoms with Crippen LogP contribution in [0.15, 0.2) is 0 Å². The van der Waals surface area contributed by atoms with Crippen molar-refractivity contribution in [3.63, 3.8) is 0 Å². The third-order valence-electron chi connectivity index (χ3n) is 5.68. The average molecular weight is 480 g/mol. The number of hydrogen-bond acceptors (Lipinski definition) is 8. The highest BCUT2D eigenvalue weighted by molar-refractivity contribution is 6.74. The number of piperazine rings is 2. The van der Waals surface area contributed by atoms with Gasteiger partial charge < -0.3 is 29.6 Å². The van der Waals surface area contributed by atoms with Gasteiger partial charge in [0, 0.05) is 80.6 Å². The van der Waals surface area contributed by atoms with E-state index in [1.807, 2.05) is 0 Å². The maximum atomic E-state index is 12.4. The van der Waals surface area contributed by atoms with Crippen molar-refractivity contribution in [1.82, 2.24) is 20.4 Å². The van der Waals surface area contributed by atoms with E-state index in [9.17, 15) is 10.6 Å². The van der Waals surface area contributed by atoms with Crippen molar-refractivity contribution in [3.05, 3.63) is 0 Å². The van der Waals surface area contributed by atoms with E-state index in [1.165, 1.54) is 0 Å². The monoisotopic (exact) mass is 479 g/mol. The van der Waals surface area contributed by atoms with Gasteiger partial charge in [0.05, 0.1) is 51.4 Å². The van der Waals surface area contributed by atoms with Crippen LogP contribution >= 0.6 is 0 Å². The van der Waals surface area contributed by atoms with Gasteiger partial charge in [-0.2, -0.15) is 0 Å². The van der Waals surface area contributed by atoms with Gasteiger partial charge in [0.15, 0.2) is 8.32 Å². The second-order valence-electron chi connectivity index (χ2n) is 7.96. The third kappa shape index (κ3) is 5.05. The fraction of sp³-hybridized carbons (Fsp3) is 1.00. The molecule has 4 heterocycles. The SMILES string of the molecule is [2H]C1OC([2H])[C@@]2([2H])[C@@H]([2H])N([2H])[C@](C(O)C3CN4CCOCC4CN3)(C([2H])([2H])O[Si](C([2H])([2H])[2H])(C([2H])([2H])[2H])C(C([2H])[2H])(C([2H])([2H])[2H])C([2H])([2H])[2H])C([2H])N2C1[2H]. The normalized spacial score (nSPS) is 65.1. The van der Waals surface area contributed by atoms with Crippen LogP contribution in [0.3, 0.4) is 0 Å². The van der Waals surface area contributed by atoms with Crippen molar-refractivity contribution in [2.45, 2.75) is 68.3 Å². The lowest BCUT2D eigenvalue weighted by Crippen LogP contribution is -2.77. The maximum absolute atomic E-state index is 12.4. The first-order chi connectivity index (χ1) is 24.2. The predicted octanol–water partition coefficient (Wildman–Crippen LogP) is 0.0845. The Morgan fingerprint density at radius 1 is 1.48 bits per heavy atom. The summed E-state index contributed by atoms with van der Waals surface area (Å²) in [6.07, 6.45) is -2.64. The molecule has 0 aliphatic carbocycles. The van der Waals surface area contributed by atoms with Crippen molar-refractivity contribution >= 4 is 8.32 Å². The van der Waals surface area contributed by atoms with E-state index in [-0.39, 0.29) is 49.1 Å². The Labute approximate surface area is 221 Å². The molecule has 0 spiro atoms. The minimum atomic E-state index is -7.39. The standard InChI is InChI=1S/C22H44N4O4Si/c1-21(2,3)31(4,5)30-16-22(15-26-7-9-29-14-18(26)11-24-22)20(27)19-12-25-6-8-28-13-17(25)10-23-19/h17-20,23-24,27H,6-16H2,1-5H3/t17?,18-,19?,20?,22+/m1/s1/i1D2,2D3,3D3,4D3,5D3,7D,9D,11D,14D,15D,16D2,18D/hD/t7?,9?,11-,14?,15?,17?,18-,19?,20?,22+. The first kappa shape index (κ1) is 8.53. The first-order valence-corrected chi connectivity index (χ1v) is 11.7. The molecule has 4 saturated heterocycles. The summed E-state index contributed by atoms with van der Waals surface area (Å²) in [6.45, 7) is -37.5. The van der Waals surface area contributed by atoms with E-state index in [4.69, 9.17) is 39.9 Å². The highest BCUT2D eigenvalue weighted by atomic mass is 28.4. The minimum Gasteiger partial charge on any atom is -0.415 e. The Hall–Kier alpha value is -0.103. The molecule has 7 unspecified atom stereocenters. The van der Waals surface area contributed by atoms with Crippen LogP contribution in [0, 0.1) is 0 Å². The Morgan fingerprint density at radius 3 is 3.19 bits per heavy atom. The van der Waals surface area contributed by atoms with E-state index in [1.54, 1.807) is 4.90 Å². The Kier molecular flexibility index (Phi) is 2.55. The second kappa shape index (κ2) is 9.27. The molecule has 0 aromatic carbocycles. The number of aliphatic hydroxyl groups excluding tert-OH is 1. The highest BCUT2D eigenvalue weighted by Crippen LogP contribution is 2.38. The largest absolute Gasteiger partial charge is 0.415 e. The Balaban J connectivity index is 2.14. The van der Waals surface area contributed by atoms with E-state index < -0.39 is 110 Å². The van der Waals surface area contributed by atoms with Gasteiger partial charge in [-0.05, 0) is 18.0 Å². The molecule has 0 bridgehead atoms. The summed E-state index contributed by atoms with van der Waals surface area (Å²) in [5.74, 6) is 0. The van der Waals surface area contributed by atoms with Crippen LogP contribution in [0.4, 0.5) is 0 Å². The van der Waals surface area contributed by atoms with Gasteiger partial charge in [0.2, 0.25) is 0 Å². The van der Waals surface area contributed by atoms with Crippen LogP contribution in [0.5, 0.6) is 0 Å². The lowest BCUT2D eigenvalue weighted by atomic mass is 9.83. The van der Waals surface area contributed by atoms with Crippen LogP contribution in [0.2, 0.25) is 19.4 Å². The van der Waals surface area contributed by atoms with Crippen molar-refractivity contribution in [1.29, 1.82) is 0 Å². The molecule has 0 amide bonds. The number of hydrogen-bond donors (Lipinski definition) is 3. The van der Waals surface area contributed by atoms with Gasteiger partial charge >= 0.3 is 0 Å². The molecule has 0 saturated carbocycles. The lowest BCUT2D eigenvalue weighted by Gasteiger charge is -2.54. The van der Waals surface area contributed by atoms with Crippen molar-refractivity contribution in [3.8, 4) is 0 Å². The van der Waals surface area contributed by atoms with E-state index >= 15 is 0 Å². The van der Waals surface area contributed by atoms with Crippen molar-refractivity contribution in [2.24, 2.45) is 0 Å². The highest BCUT2D eigenvalue weighted by Gasteiger charge is 2.51. The molecule has 3 N–H and O–H groups in total. The van der Waals surface area contributed by atoms with Crippen molar-refractivity contribution < 1.29 is 50.6 Å². The third-order valence-corrected chi connectivity index (χ3v) is 7.20. The zero-order valence-electron chi connectivity index (χ0n) is 39.7. The summed E-state index contributed by atoms with van der Waals surface area (Å²) in [5, 5.41) is 10.5. The number of ether oxygens (including phenoxy) is 2. The van der Waals surface area contributed by atoms with Crippen LogP contribution in [-0.4, -0.2) is 125 Å². The number of morpholine rings is 2. The first-order valence-electron chi connectivity index (χ1n) is 21.8. The molecule has 0 radical (unpaired) electrons. The summed E-state index contributed by atoms with van der Waals surface area (Å²) in [4.78, 5) is 2.03. The molecule has 4 fully saturated rings. The molecule has 4 aliphatic rings. The quantitative estimate of drug-likeness (QED) is 0.479. The Bertz CT molecular complexity index is 1330. The van der Waals surface area contributed by atoms with E-state index in [0.29, 0.717) is 0 Å². The maximum Gasteiger partial charge on any atom is 0.192 e. The molecular weight excluding hydrogens is 412 g/mol. The molecule has 0 aromatic rings. The number of nitrogens with one attached hydrogen (secondary N) is 2. The van der Waals surface area contributed by atoms with Gasteiger partial charge in [-0.25, -0.2) is 0 Å². The minimum absolute atomic E-state index is 0.00102. The number of rotatable bonds is 5. The summed E-state index contributed by atoms with van der Waals surface area (Å²) in [6, 6.07) is -4.83. The van der Waals surface area contributed by atoms with Gasteiger partial charge in [-0.15, -0.1) is 0 Å². The van der Waals surface area contributed by atoms with E-state index in [0.717, 1.165) is 0 Å². The zero-order chi connectivity index (χ0) is 41.8. The molecular formula is C22H44N4O4Si. The summed E-state index contributed by atoms with van der Waals surface area (Å²) >= 11 is 0. The molecule has 9 heteroatoms. The van der Waals surface area contributed by atoms with Gasteiger partial charge in [0.1, 0.15) is 1.41 Å². The molecule has 180 valence electrons. The Morgan fingerprint density at radius 2 is 2.39 bits per heavy atom. The topological polar surface area (TPSA) is 78.5 Å². The van der Waals surface area contributed by atoms with Crippen LogP contribution in [0.25, 0.3) is 0 Å². The molecule has 31 heavy (non-hydrogen) atoms. The molecule has 4 aliphatic heterocycles. The molecule has 4 rings (SSSR count). The van der Waals surface area contributed by atoms with E-state index in [2.05, 4.69) is 5.32 Å². The van der Waals surface area contributed by atoms with Crippen LogP contribution in [-0.2, 0) is 13.9 Å². The number of nitrogens with zero attached hydrogens (tertiary/aromatic N) is 2. The summed E-state index contributed by atoms with van der Waals surface area (Å²) in [7, 11) is -7.39. The number of fused-ring (bicyclic) bond motifs is 2. The smallest absolute Gasteiger partial charge is 0.192 e. The van der Waals surface area contributed by atoms with Gasteiger partial charge in [-0.3, -0.25) is 9.80 Å². The number of aliphatic hydroxyl groups is 1. The van der Waals surface area contributed by atoms with Crippen LogP contribution in [0.1, 0.15) is 50.7 Å².